The van der Waals surface area contributed by atoms with Crippen molar-refractivity contribution in [2.45, 2.75) is 25.3 Å². The maximum Gasteiger partial charge on any atom is 0.263 e. The third-order valence-corrected chi connectivity index (χ3v) is 4.55. The Hall–Kier alpha value is -1.86. The maximum absolute atomic E-state index is 12.4. The van der Waals surface area contributed by atoms with E-state index in [9.17, 15) is 8.42 Å². The fourth-order valence-corrected chi connectivity index (χ4v) is 3.17. The molecule has 114 valence electrons. The molecule has 0 aromatic carbocycles. The molecule has 2 aromatic heterocycles. The van der Waals surface area contributed by atoms with Crippen LogP contribution in [0, 0.1) is 6.92 Å². The van der Waals surface area contributed by atoms with Gasteiger partial charge in [-0.15, -0.1) is 0 Å². The second-order valence-corrected chi connectivity index (χ2v) is 6.54. The third-order valence-electron chi connectivity index (χ3n) is 3.21. The van der Waals surface area contributed by atoms with Gasteiger partial charge in [0.2, 0.25) is 0 Å². The molecule has 0 aliphatic carbocycles. The van der Waals surface area contributed by atoms with Crippen molar-refractivity contribution in [1.82, 2.24) is 14.9 Å². The van der Waals surface area contributed by atoms with Crippen LogP contribution in [0.3, 0.4) is 0 Å². The van der Waals surface area contributed by atoms with Gasteiger partial charge in [-0.3, -0.25) is 9.71 Å². The molecule has 2 rings (SSSR count). The quantitative estimate of drug-likeness (QED) is 0.850. The summed E-state index contributed by atoms with van der Waals surface area (Å²) in [7, 11) is -1.75. The monoisotopic (exact) mass is 308 g/mol. The van der Waals surface area contributed by atoms with Gasteiger partial charge in [-0.05, 0) is 31.2 Å². The highest BCUT2D eigenvalue weighted by molar-refractivity contribution is 7.92. The summed E-state index contributed by atoms with van der Waals surface area (Å²) in [6.45, 7) is 5.29. The fourth-order valence-electron chi connectivity index (χ4n) is 1.94. The van der Waals surface area contributed by atoms with Crippen LogP contribution in [0.5, 0.6) is 0 Å². The van der Waals surface area contributed by atoms with Crippen molar-refractivity contribution in [3.05, 3.63) is 42.0 Å². The van der Waals surface area contributed by atoms with Gasteiger partial charge < -0.3 is 9.88 Å². The first-order valence-electron chi connectivity index (χ1n) is 6.73. The predicted molar refractivity (Wildman–Crippen MR) is 82.6 cm³/mol. The van der Waals surface area contributed by atoms with Gasteiger partial charge in [0, 0.05) is 37.9 Å². The lowest BCUT2D eigenvalue weighted by molar-refractivity contribution is 0.601. The topological polar surface area (TPSA) is 76.0 Å². The van der Waals surface area contributed by atoms with Crippen molar-refractivity contribution < 1.29 is 8.42 Å². The third kappa shape index (κ3) is 3.62. The first-order valence-corrected chi connectivity index (χ1v) is 8.21. The van der Waals surface area contributed by atoms with Crippen LogP contribution in [-0.4, -0.2) is 24.5 Å². The maximum atomic E-state index is 12.4. The van der Waals surface area contributed by atoms with E-state index in [4.69, 9.17) is 0 Å². The molecule has 21 heavy (non-hydrogen) atoms. The average Bonchev–Trinajstić information content (AvgIpc) is 2.81. The summed E-state index contributed by atoms with van der Waals surface area (Å²) in [4.78, 5) is 4.21. The normalized spacial score (nSPS) is 11.6. The van der Waals surface area contributed by atoms with Crippen LogP contribution in [0.25, 0.3) is 0 Å². The Kier molecular flexibility index (Phi) is 4.64. The molecule has 0 amide bonds. The van der Waals surface area contributed by atoms with Gasteiger partial charge in [-0.25, -0.2) is 8.42 Å². The largest absolute Gasteiger partial charge is 0.352 e. The van der Waals surface area contributed by atoms with E-state index in [0.717, 1.165) is 17.8 Å². The summed E-state index contributed by atoms with van der Waals surface area (Å²) in [5.41, 5.74) is 2.25. The van der Waals surface area contributed by atoms with Gasteiger partial charge in [-0.2, -0.15) is 0 Å². The highest BCUT2D eigenvalue weighted by atomic mass is 32.2. The summed E-state index contributed by atoms with van der Waals surface area (Å²) in [6, 6.07) is 3.33. The molecule has 0 radical (unpaired) electrons. The number of nitrogens with zero attached hydrogens (tertiary/aromatic N) is 2. The minimum atomic E-state index is -3.59. The van der Waals surface area contributed by atoms with Gasteiger partial charge in [0.1, 0.15) is 4.90 Å². The zero-order chi connectivity index (χ0) is 15.5. The van der Waals surface area contributed by atoms with Crippen molar-refractivity contribution >= 4 is 15.7 Å². The Labute approximate surface area is 125 Å². The number of aryl methyl sites for hydroxylation is 2. The first-order chi connectivity index (χ1) is 9.94. The number of anilines is 1. The van der Waals surface area contributed by atoms with Crippen molar-refractivity contribution in [2.75, 3.05) is 11.3 Å². The van der Waals surface area contributed by atoms with Crippen LogP contribution >= 0.6 is 0 Å². The molecule has 0 saturated heterocycles. The Morgan fingerprint density at radius 1 is 1.38 bits per heavy atom. The lowest BCUT2D eigenvalue weighted by atomic mass is 10.3. The Balaban J connectivity index is 2.26. The molecule has 2 N–H and O–H groups in total. The summed E-state index contributed by atoms with van der Waals surface area (Å²) in [5, 5.41) is 3.18. The molecule has 6 nitrogen and oxygen atoms in total. The van der Waals surface area contributed by atoms with Crippen LogP contribution in [0.15, 0.2) is 35.6 Å². The standard InChI is InChI=1S/C14H20N4O2S/c1-4-15-9-12-7-13(10-18(12)3)21(19,20)17-14-5-6-16-8-11(14)2/h5-8,10,15H,4,9H2,1-3H3,(H,16,17). The lowest BCUT2D eigenvalue weighted by Gasteiger charge is -2.08. The zero-order valence-corrected chi connectivity index (χ0v) is 13.2. The first kappa shape index (κ1) is 15.5. The van der Waals surface area contributed by atoms with Crippen molar-refractivity contribution in [3.8, 4) is 0 Å². The van der Waals surface area contributed by atoms with Gasteiger partial charge in [0.15, 0.2) is 0 Å². The molecule has 0 aliphatic heterocycles. The molecule has 7 heteroatoms. The number of nitrogens with one attached hydrogen (secondary N) is 2. The molecule has 2 heterocycles. The molecule has 0 atom stereocenters. The fraction of sp³-hybridized carbons (Fsp3) is 0.357. The number of hydrogen-bond donors (Lipinski definition) is 2. The molecular formula is C14H20N4O2S. The van der Waals surface area contributed by atoms with Gasteiger partial charge in [0.05, 0.1) is 5.69 Å². The van der Waals surface area contributed by atoms with Crippen LogP contribution < -0.4 is 10.0 Å². The van der Waals surface area contributed by atoms with E-state index in [2.05, 4.69) is 15.0 Å². The summed E-state index contributed by atoms with van der Waals surface area (Å²) < 4.78 is 29.3. The summed E-state index contributed by atoms with van der Waals surface area (Å²) in [6.07, 6.45) is 4.80. The Morgan fingerprint density at radius 3 is 2.81 bits per heavy atom. The van der Waals surface area contributed by atoms with E-state index in [-0.39, 0.29) is 4.90 Å². The minimum absolute atomic E-state index is 0.258. The van der Waals surface area contributed by atoms with Crippen molar-refractivity contribution in [1.29, 1.82) is 0 Å². The number of rotatable bonds is 6. The van der Waals surface area contributed by atoms with E-state index in [1.165, 1.54) is 0 Å². The number of aromatic nitrogens is 2. The molecule has 0 spiro atoms. The number of pyridine rings is 1. The van der Waals surface area contributed by atoms with E-state index >= 15 is 0 Å². The average molecular weight is 308 g/mol. The van der Waals surface area contributed by atoms with E-state index < -0.39 is 10.0 Å². The smallest absolute Gasteiger partial charge is 0.263 e. The van der Waals surface area contributed by atoms with Crippen LogP contribution in [-0.2, 0) is 23.6 Å². The van der Waals surface area contributed by atoms with Crippen LogP contribution in [0.1, 0.15) is 18.2 Å². The summed E-state index contributed by atoms with van der Waals surface area (Å²) >= 11 is 0. The van der Waals surface area contributed by atoms with Crippen molar-refractivity contribution in [3.63, 3.8) is 0 Å². The highest BCUT2D eigenvalue weighted by Crippen LogP contribution is 2.20. The van der Waals surface area contributed by atoms with Crippen molar-refractivity contribution in [2.24, 2.45) is 7.05 Å². The second-order valence-electron chi connectivity index (χ2n) is 4.85. The molecule has 0 fully saturated rings. The Bertz CT molecular complexity index is 722. The van der Waals surface area contributed by atoms with Crippen LogP contribution in [0.2, 0.25) is 0 Å². The van der Waals surface area contributed by atoms with Gasteiger partial charge in [-0.1, -0.05) is 6.92 Å². The minimum Gasteiger partial charge on any atom is -0.352 e. The highest BCUT2D eigenvalue weighted by Gasteiger charge is 2.18. The molecule has 0 aliphatic rings. The molecule has 0 unspecified atom stereocenters. The predicted octanol–water partition coefficient (Wildman–Crippen LogP) is 1.64. The summed E-state index contributed by atoms with van der Waals surface area (Å²) in [5.74, 6) is 0. The molecule has 0 saturated carbocycles. The lowest BCUT2D eigenvalue weighted by Crippen LogP contribution is -2.14. The SMILES string of the molecule is CCNCc1cc(S(=O)(=O)Nc2ccncc2C)cn1C. The Morgan fingerprint density at radius 2 is 2.14 bits per heavy atom. The van der Waals surface area contributed by atoms with E-state index in [0.29, 0.717) is 12.2 Å². The zero-order valence-electron chi connectivity index (χ0n) is 12.4. The van der Waals surface area contributed by atoms with E-state index in [1.54, 1.807) is 30.7 Å². The van der Waals surface area contributed by atoms with Crippen LogP contribution in [0.4, 0.5) is 5.69 Å². The van der Waals surface area contributed by atoms with Gasteiger partial charge >= 0.3 is 0 Å². The number of sulfonamides is 1. The second kappa shape index (κ2) is 6.28. The molecular weight excluding hydrogens is 288 g/mol. The molecule has 0 bridgehead atoms. The number of hydrogen-bond acceptors (Lipinski definition) is 4. The molecule has 2 aromatic rings. The van der Waals surface area contributed by atoms with Gasteiger partial charge in [0.25, 0.3) is 10.0 Å². The van der Waals surface area contributed by atoms with E-state index in [1.807, 2.05) is 25.5 Å².